The van der Waals surface area contributed by atoms with Crippen LogP contribution in [0.1, 0.15) is 52.9 Å². The molecular formula is C14H25NO3. The minimum absolute atomic E-state index is 0.0106. The van der Waals surface area contributed by atoms with Gasteiger partial charge in [-0.05, 0) is 25.7 Å². The van der Waals surface area contributed by atoms with Crippen molar-refractivity contribution in [2.75, 3.05) is 13.1 Å². The summed E-state index contributed by atoms with van der Waals surface area (Å²) < 4.78 is 0. The summed E-state index contributed by atoms with van der Waals surface area (Å²) in [6.07, 6.45) is 3.93. The maximum Gasteiger partial charge on any atom is 0.311 e. The Morgan fingerprint density at radius 2 is 2.06 bits per heavy atom. The Morgan fingerprint density at radius 1 is 1.39 bits per heavy atom. The van der Waals surface area contributed by atoms with E-state index in [9.17, 15) is 14.7 Å². The number of amides is 1. The smallest absolute Gasteiger partial charge is 0.311 e. The molecule has 4 heteroatoms. The number of carbonyl (C=O) groups excluding carboxylic acids is 1. The second-order valence-electron chi connectivity index (χ2n) is 5.49. The van der Waals surface area contributed by atoms with Gasteiger partial charge in [-0.3, -0.25) is 9.59 Å². The maximum atomic E-state index is 12.2. The normalized spacial score (nSPS) is 25.8. The average molecular weight is 255 g/mol. The molecule has 1 saturated heterocycles. The molecule has 1 aliphatic rings. The minimum atomic E-state index is -0.759. The highest BCUT2D eigenvalue weighted by molar-refractivity contribution is 5.81. The van der Waals surface area contributed by atoms with Crippen LogP contribution in [0.2, 0.25) is 0 Å². The second-order valence-corrected chi connectivity index (χ2v) is 5.49. The Hall–Kier alpha value is -1.06. The summed E-state index contributed by atoms with van der Waals surface area (Å²) >= 11 is 0. The lowest BCUT2D eigenvalue weighted by atomic mass is 9.77. The van der Waals surface area contributed by atoms with Crippen molar-refractivity contribution >= 4 is 11.9 Å². The van der Waals surface area contributed by atoms with Crippen molar-refractivity contribution in [3.05, 3.63) is 0 Å². The quantitative estimate of drug-likeness (QED) is 0.821. The topological polar surface area (TPSA) is 57.6 Å². The number of hydrogen-bond donors (Lipinski definition) is 1. The number of piperidine rings is 1. The third kappa shape index (κ3) is 3.03. The average Bonchev–Trinajstić information content (AvgIpc) is 2.37. The number of aliphatic carboxylic acids is 1. The first-order valence-corrected chi connectivity index (χ1v) is 6.99. The van der Waals surface area contributed by atoms with Gasteiger partial charge in [0.25, 0.3) is 0 Å². The van der Waals surface area contributed by atoms with Crippen LogP contribution in [0.4, 0.5) is 0 Å². The summed E-state index contributed by atoms with van der Waals surface area (Å²) in [6, 6.07) is 0. The summed E-state index contributed by atoms with van der Waals surface area (Å²) in [6.45, 7) is 6.99. The summed E-state index contributed by atoms with van der Waals surface area (Å²) in [5.74, 6) is -0.627. The van der Waals surface area contributed by atoms with Gasteiger partial charge < -0.3 is 10.0 Å². The minimum Gasteiger partial charge on any atom is -0.481 e. The molecule has 1 aliphatic heterocycles. The van der Waals surface area contributed by atoms with Crippen LogP contribution < -0.4 is 0 Å². The molecule has 1 amide bonds. The van der Waals surface area contributed by atoms with Crippen LogP contribution in [0.15, 0.2) is 0 Å². The van der Waals surface area contributed by atoms with E-state index in [1.807, 2.05) is 13.8 Å². The van der Waals surface area contributed by atoms with Crippen molar-refractivity contribution in [2.24, 2.45) is 11.3 Å². The Kier molecular flexibility index (Phi) is 5.17. The molecule has 2 unspecified atom stereocenters. The first-order valence-electron chi connectivity index (χ1n) is 6.99. The number of carboxylic acids is 1. The summed E-state index contributed by atoms with van der Waals surface area (Å²) in [7, 11) is 0. The summed E-state index contributed by atoms with van der Waals surface area (Å²) in [4.78, 5) is 25.4. The van der Waals surface area contributed by atoms with Crippen LogP contribution in [0.25, 0.3) is 0 Å². The fraction of sp³-hybridized carbons (Fsp3) is 0.857. The Morgan fingerprint density at radius 3 is 2.56 bits per heavy atom. The molecule has 2 atom stereocenters. The molecular weight excluding hydrogens is 230 g/mol. The van der Waals surface area contributed by atoms with E-state index < -0.39 is 11.4 Å². The number of hydrogen-bond acceptors (Lipinski definition) is 2. The van der Waals surface area contributed by atoms with E-state index >= 15 is 0 Å². The van der Waals surface area contributed by atoms with Crippen molar-refractivity contribution in [1.29, 1.82) is 0 Å². The zero-order chi connectivity index (χ0) is 13.8. The number of carbonyl (C=O) groups is 2. The van der Waals surface area contributed by atoms with Gasteiger partial charge in [-0.25, -0.2) is 0 Å². The molecule has 0 saturated carbocycles. The van der Waals surface area contributed by atoms with Gasteiger partial charge >= 0.3 is 5.97 Å². The van der Waals surface area contributed by atoms with Crippen LogP contribution >= 0.6 is 0 Å². The van der Waals surface area contributed by atoms with Crippen molar-refractivity contribution in [2.45, 2.75) is 52.9 Å². The summed E-state index contributed by atoms with van der Waals surface area (Å²) in [5, 5.41) is 9.39. The predicted octanol–water partition coefficient (Wildman–Crippen LogP) is 2.53. The fourth-order valence-electron chi connectivity index (χ4n) is 2.80. The molecule has 0 bridgehead atoms. The van der Waals surface area contributed by atoms with E-state index in [4.69, 9.17) is 0 Å². The standard InChI is InChI=1S/C14H25NO3/c1-4-7-11(3)12(16)15-9-6-8-14(5-2,10-15)13(17)18/h11H,4-10H2,1-3H3,(H,17,18). The highest BCUT2D eigenvalue weighted by Crippen LogP contribution is 2.34. The van der Waals surface area contributed by atoms with Gasteiger partial charge in [0.2, 0.25) is 5.91 Å². The molecule has 1 rings (SSSR count). The van der Waals surface area contributed by atoms with Gasteiger partial charge in [0.05, 0.1) is 5.41 Å². The van der Waals surface area contributed by atoms with E-state index in [2.05, 4.69) is 6.92 Å². The van der Waals surface area contributed by atoms with Gasteiger partial charge in [0.1, 0.15) is 0 Å². The number of carboxylic acid groups (broad SMARTS) is 1. The highest BCUT2D eigenvalue weighted by atomic mass is 16.4. The van der Waals surface area contributed by atoms with Gasteiger partial charge in [-0.2, -0.15) is 0 Å². The Bertz CT molecular complexity index is 316. The Balaban J connectivity index is 2.74. The second kappa shape index (κ2) is 6.21. The zero-order valence-corrected chi connectivity index (χ0v) is 11.7. The molecule has 0 radical (unpaired) electrons. The first kappa shape index (κ1) is 15.0. The molecule has 104 valence electrons. The number of likely N-dealkylation sites (tertiary alicyclic amines) is 1. The summed E-state index contributed by atoms with van der Waals surface area (Å²) in [5.41, 5.74) is -0.722. The fourth-order valence-corrected chi connectivity index (χ4v) is 2.80. The lowest BCUT2D eigenvalue weighted by Crippen LogP contribution is -2.50. The molecule has 0 aromatic rings. The van der Waals surface area contributed by atoms with Crippen molar-refractivity contribution in [3.63, 3.8) is 0 Å². The van der Waals surface area contributed by atoms with Crippen LogP contribution in [0, 0.1) is 11.3 Å². The lowest BCUT2D eigenvalue weighted by molar-refractivity contribution is -0.156. The third-order valence-corrected chi connectivity index (χ3v) is 4.16. The third-order valence-electron chi connectivity index (χ3n) is 4.16. The highest BCUT2D eigenvalue weighted by Gasteiger charge is 2.42. The van der Waals surface area contributed by atoms with Crippen LogP contribution in [-0.2, 0) is 9.59 Å². The van der Waals surface area contributed by atoms with Crippen molar-refractivity contribution in [1.82, 2.24) is 4.90 Å². The molecule has 18 heavy (non-hydrogen) atoms. The largest absolute Gasteiger partial charge is 0.481 e. The lowest BCUT2D eigenvalue weighted by Gasteiger charge is -2.40. The molecule has 0 aliphatic carbocycles. The monoisotopic (exact) mass is 255 g/mol. The molecule has 0 spiro atoms. The SMILES string of the molecule is CCCC(C)C(=O)N1CCCC(CC)(C(=O)O)C1. The van der Waals surface area contributed by atoms with Crippen molar-refractivity contribution < 1.29 is 14.7 Å². The maximum absolute atomic E-state index is 12.2. The van der Waals surface area contributed by atoms with Crippen LogP contribution in [0.3, 0.4) is 0 Å². The zero-order valence-electron chi connectivity index (χ0n) is 11.7. The molecule has 1 fully saturated rings. The molecule has 0 aromatic carbocycles. The van der Waals surface area contributed by atoms with E-state index in [1.165, 1.54) is 0 Å². The predicted molar refractivity (Wildman–Crippen MR) is 70.2 cm³/mol. The van der Waals surface area contributed by atoms with E-state index in [1.54, 1.807) is 4.90 Å². The Labute approximate surface area is 109 Å². The van der Waals surface area contributed by atoms with Gasteiger partial charge in [-0.1, -0.05) is 27.2 Å². The number of nitrogens with zero attached hydrogens (tertiary/aromatic N) is 1. The molecule has 0 aromatic heterocycles. The van der Waals surface area contributed by atoms with E-state index in [-0.39, 0.29) is 11.8 Å². The first-order chi connectivity index (χ1) is 8.46. The molecule has 1 N–H and O–H groups in total. The van der Waals surface area contributed by atoms with Gasteiger partial charge in [-0.15, -0.1) is 0 Å². The van der Waals surface area contributed by atoms with Crippen LogP contribution in [-0.4, -0.2) is 35.0 Å². The van der Waals surface area contributed by atoms with Crippen LogP contribution in [0.5, 0.6) is 0 Å². The van der Waals surface area contributed by atoms with E-state index in [0.717, 1.165) is 19.3 Å². The van der Waals surface area contributed by atoms with Gasteiger partial charge in [0.15, 0.2) is 0 Å². The van der Waals surface area contributed by atoms with Crippen molar-refractivity contribution in [3.8, 4) is 0 Å². The number of rotatable bonds is 5. The van der Waals surface area contributed by atoms with E-state index in [0.29, 0.717) is 25.9 Å². The molecule has 1 heterocycles. The van der Waals surface area contributed by atoms with Gasteiger partial charge in [0, 0.05) is 19.0 Å². The molecule has 4 nitrogen and oxygen atoms in total.